The summed E-state index contributed by atoms with van der Waals surface area (Å²) in [4.78, 5) is 29.6. The van der Waals surface area contributed by atoms with E-state index < -0.39 is 30.1 Å². The molecule has 0 aliphatic heterocycles. The van der Waals surface area contributed by atoms with Crippen LogP contribution in [0.1, 0.15) is 10.4 Å². The van der Waals surface area contributed by atoms with Crippen LogP contribution in [0.2, 0.25) is 0 Å². The van der Waals surface area contributed by atoms with Crippen molar-refractivity contribution in [3.63, 3.8) is 0 Å². The molecule has 0 aromatic heterocycles. The first kappa shape index (κ1) is 45.4. The number of aliphatic hydroxyl groups excluding tert-OH is 2. The molecule has 148 valence electrons. The summed E-state index contributed by atoms with van der Waals surface area (Å²) in [7, 11) is 0. The number of carbonyl (C=O) groups is 3. The fourth-order valence-corrected chi connectivity index (χ4v) is 0.987. The Bertz CT molecular complexity index is 541. The Labute approximate surface area is 216 Å². The average molecular weight is 435 g/mol. The molecule has 0 radical (unpaired) electrons. The number of carboxylic acid groups (broad SMARTS) is 3. The molecule has 1 rings (SSSR count). The van der Waals surface area contributed by atoms with E-state index in [0.717, 1.165) is 0 Å². The number of benzene rings is 1. The van der Waals surface area contributed by atoms with Gasteiger partial charge in [-0.3, -0.25) is 0 Å². The number of hydrogen-bond donors (Lipinski definition) is 5. The predicted molar refractivity (Wildman–Crippen MR) is 76.0 cm³/mol. The van der Waals surface area contributed by atoms with Crippen LogP contribution in [-0.2, 0) is 9.59 Å². The van der Waals surface area contributed by atoms with Gasteiger partial charge >= 0.3 is 86.9 Å². The number of aromatic carboxylic acids is 1. The van der Waals surface area contributed by atoms with Gasteiger partial charge in [-0.1, -0.05) is 0 Å². The van der Waals surface area contributed by atoms with Crippen LogP contribution in [0.5, 0.6) is 5.75 Å². The number of phenols is 1. The molecule has 1 aromatic rings. The van der Waals surface area contributed by atoms with Crippen LogP contribution in [0.3, 0.4) is 0 Å². The summed E-state index contributed by atoms with van der Waals surface area (Å²) in [6.07, 6.45) is -4.88. The van der Waals surface area contributed by atoms with Gasteiger partial charge in [0.1, 0.15) is 23.5 Å². The molecule has 27 heavy (non-hydrogen) atoms. The largest absolute Gasteiger partial charge is 1.00 e. The van der Waals surface area contributed by atoms with Crippen molar-refractivity contribution in [2.75, 3.05) is 5.73 Å². The molecule has 0 aliphatic carbocycles. The summed E-state index contributed by atoms with van der Waals surface area (Å²) in [5.41, 5.74) is 5.48. The number of aliphatic carboxylic acids is 2. The van der Waals surface area contributed by atoms with Crippen LogP contribution in [0.4, 0.5) is 5.69 Å². The molecular formula is C11H19KNNaO13. The van der Waals surface area contributed by atoms with Crippen LogP contribution >= 0.6 is 0 Å². The van der Waals surface area contributed by atoms with Gasteiger partial charge in [0.05, 0.1) is 11.9 Å². The minimum absolute atomic E-state index is 0. The Hall–Kier alpha value is -0.374. The third kappa shape index (κ3) is 17.5. The Morgan fingerprint density at radius 1 is 0.926 bits per heavy atom. The number of hydrogen-bond acceptors (Lipinski definition) is 9. The van der Waals surface area contributed by atoms with Crippen molar-refractivity contribution in [3.05, 3.63) is 23.8 Å². The van der Waals surface area contributed by atoms with Crippen molar-refractivity contribution in [2.24, 2.45) is 0 Å². The standard InChI is InChI=1S/C7H7NO3.C4H6O6.K.Na.4H2O/c8-4-1-2-5(7(10)11)6(9)3-4;5-1(3(7)8)2(6)4(9)10;;;;;;/h1-3,9H,8H2,(H,10,11);1-2,5-6H,(H,7,8)(H,9,10);;;4*1H2/q;;2*+1;;;;/p-2. The molecule has 2 unspecified atom stereocenters. The molecule has 2 atom stereocenters. The Kier molecular flexibility index (Phi) is 36.9. The third-order valence-electron chi connectivity index (χ3n) is 2.03. The van der Waals surface area contributed by atoms with Gasteiger partial charge in [-0.25, -0.2) is 4.79 Å². The predicted octanol–water partition coefficient (Wildman–Crippen LogP) is -13.4. The molecule has 0 spiro atoms. The molecule has 14 nitrogen and oxygen atoms in total. The maximum Gasteiger partial charge on any atom is 1.00 e. The summed E-state index contributed by atoms with van der Waals surface area (Å²) in [5.74, 6) is -5.59. The van der Waals surface area contributed by atoms with E-state index in [0.29, 0.717) is 5.69 Å². The van der Waals surface area contributed by atoms with E-state index in [1.165, 1.54) is 18.2 Å². The monoisotopic (exact) mass is 435 g/mol. The van der Waals surface area contributed by atoms with E-state index >= 15 is 0 Å². The van der Waals surface area contributed by atoms with E-state index in [-0.39, 0.29) is 114 Å². The van der Waals surface area contributed by atoms with E-state index in [4.69, 9.17) is 26.2 Å². The van der Waals surface area contributed by atoms with Crippen molar-refractivity contribution >= 4 is 23.6 Å². The minimum atomic E-state index is -2.44. The number of nitrogen functional groups attached to an aromatic ring is 1. The van der Waals surface area contributed by atoms with Crippen LogP contribution < -0.4 is 96.9 Å². The van der Waals surface area contributed by atoms with Gasteiger partial charge in [0.15, 0.2) is 0 Å². The van der Waals surface area contributed by atoms with Gasteiger partial charge in [0.2, 0.25) is 0 Å². The zero-order valence-corrected chi connectivity index (χ0v) is 19.4. The molecule has 0 bridgehead atoms. The van der Waals surface area contributed by atoms with Crippen LogP contribution in [0.25, 0.3) is 0 Å². The first-order chi connectivity index (χ1) is 9.57. The molecule has 0 heterocycles. The van der Waals surface area contributed by atoms with Crippen molar-refractivity contribution in [1.29, 1.82) is 0 Å². The molecule has 0 fully saturated rings. The number of anilines is 1. The zero-order chi connectivity index (χ0) is 16.7. The smallest absolute Gasteiger partial charge is 0.547 e. The Morgan fingerprint density at radius 3 is 1.48 bits per heavy atom. The van der Waals surface area contributed by atoms with Crippen molar-refractivity contribution < 1.29 is 148 Å². The van der Waals surface area contributed by atoms with Crippen LogP contribution in [-0.4, -0.2) is 72.4 Å². The van der Waals surface area contributed by atoms with Gasteiger partial charge in [-0.15, -0.1) is 0 Å². The van der Waals surface area contributed by atoms with Gasteiger partial charge in [0, 0.05) is 11.8 Å². The number of carboxylic acids is 3. The summed E-state index contributed by atoms with van der Waals surface area (Å²) in [6.45, 7) is 0. The fraction of sp³-hybridized carbons (Fsp3) is 0.182. The molecule has 14 N–H and O–H groups in total. The first-order valence-corrected chi connectivity index (χ1v) is 5.17. The molecule has 0 saturated heterocycles. The molecule has 16 heteroatoms. The number of rotatable bonds is 4. The number of aromatic hydroxyl groups is 1. The van der Waals surface area contributed by atoms with E-state index in [9.17, 15) is 24.6 Å². The fourth-order valence-electron chi connectivity index (χ4n) is 0.987. The van der Waals surface area contributed by atoms with Crippen LogP contribution in [0.15, 0.2) is 18.2 Å². The zero-order valence-electron chi connectivity index (χ0n) is 14.3. The molecule has 0 saturated carbocycles. The maximum atomic E-state index is 10.3. The van der Waals surface area contributed by atoms with Crippen molar-refractivity contribution in [3.8, 4) is 5.75 Å². The SMILES string of the molecule is Nc1ccc(C(=O)O)c(O)c1.O.O.O.O.O=C([O-])C(O)C(O)C(=O)[O-].[K+].[Na+]. The van der Waals surface area contributed by atoms with Gasteiger partial charge in [-0.05, 0) is 12.1 Å². The second kappa shape index (κ2) is 21.9. The van der Waals surface area contributed by atoms with E-state index in [2.05, 4.69) is 0 Å². The summed E-state index contributed by atoms with van der Waals surface area (Å²) in [5, 5.41) is 53.2. The summed E-state index contributed by atoms with van der Waals surface area (Å²) < 4.78 is 0. The minimum Gasteiger partial charge on any atom is -0.547 e. The topological polar surface area (TPSA) is 330 Å². The normalized spacial score (nSPS) is 9.70. The summed E-state index contributed by atoms with van der Waals surface area (Å²) >= 11 is 0. The number of aliphatic hydroxyl groups is 2. The third-order valence-corrected chi connectivity index (χ3v) is 2.03. The first-order valence-electron chi connectivity index (χ1n) is 5.17. The maximum absolute atomic E-state index is 10.3. The average Bonchev–Trinajstić information content (AvgIpc) is 2.36. The van der Waals surface area contributed by atoms with E-state index in [1.807, 2.05) is 0 Å². The number of carbonyl (C=O) groups excluding carboxylic acids is 2. The molecule has 0 aliphatic rings. The second-order valence-electron chi connectivity index (χ2n) is 3.61. The van der Waals surface area contributed by atoms with Crippen molar-refractivity contribution in [2.45, 2.75) is 12.2 Å². The Balaban J connectivity index is -0.0000000487. The quantitative estimate of drug-likeness (QED) is 0.219. The second-order valence-corrected chi connectivity index (χ2v) is 3.61. The molecule has 1 aromatic carbocycles. The Morgan fingerprint density at radius 2 is 1.26 bits per heavy atom. The van der Waals surface area contributed by atoms with E-state index in [1.54, 1.807) is 0 Å². The van der Waals surface area contributed by atoms with Crippen LogP contribution in [0, 0.1) is 0 Å². The molecule has 0 amide bonds. The van der Waals surface area contributed by atoms with Gasteiger partial charge < -0.3 is 67.9 Å². The van der Waals surface area contributed by atoms with Gasteiger partial charge in [-0.2, -0.15) is 0 Å². The van der Waals surface area contributed by atoms with Crippen molar-refractivity contribution in [1.82, 2.24) is 0 Å². The number of nitrogens with two attached hydrogens (primary N) is 1. The summed E-state index contributed by atoms with van der Waals surface area (Å²) in [6, 6.07) is 3.87. The molecular weight excluding hydrogens is 416 g/mol. The van der Waals surface area contributed by atoms with Gasteiger partial charge in [0.25, 0.3) is 0 Å².